The lowest BCUT2D eigenvalue weighted by Gasteiger charge is -2.34. The molecule has 0 radical (unpaired) electrons. The maximum atomic E-state index is 13.2. The standard InChI is InChI=1S/C22H25N5O2S/c1-15-13-19(16(2)27(15)22-24-7-12-30-22)21(29)26-10-8-25(9-11-26)14-17-3-5-18(6-4-17)20(23)28/h3-7,12-13H,8-11,14H2,1-2H3,(H2,23,28). The maximum Gasteiger partial charge on any atom is 0.255 e. The quantitative estimate of drug-likeness (QED) is 0.684. The summed E-state index contributed by atoms with van der Waals surface area (Å²) in [5.74, 6) is -0.334. The summed E-state index contributed by atoms with van der Waals surface area (Å²) in [5, 5.41) is 2.83. The molecule has 8 heteroatoms. The largest absolute Gasteiger partial charge is 0.366 e. The highest BCUT2D eigenvalue weighted by Crippen LogP contribution is 2.24. The number of carbonyl (C=O) groups excluding carboxylic acids is 2. The zero-order chi connectivity index (χ0) is 21.3. The number of nitrogens with zero attached hydrogens (tertiary/aromatic N) is 4. The topological polar surface area (TPSA) is 84.5 Å². The molecule has 1 aromatic carbocycles. The Kier molecular flexibility index (Phi) is 5.69. The van der Waals surface area contributed by atoms with Crippen LogP contribution in [-0.2, 0) is 6.54 Å². The van der Waals surface area contributed by atoms with Gasteiger partial charge in [-0.05, 0) is 37.6 Å². The molecule has 30 heavy (non-hydrogen) atoms. The van der Waals surface area contributed by atoms with Gasteiger partial charge >= 0.3 is 0 Å². The Balaban J connectivity index is 1.39. The SMILES string of the molecule is Cc1cc(C(=O)N2CCN(Cc3ccc(C(N)=O)cc3)CC2)c(C)n1-c1nccs1. The zero-order valence-electron chi connectivity index (χ0n) is 17.2. The second-order valence-electron chi connectivity index (χ2n) is 7.56. The molecule has 0 spiro atoms. The van der Waals surface area contributed by atoms with Gasteiger partial charge in [-0.2, -0.15) is 0 Å². The van der Waals surface area contributed by atoms with Crippen LogP contribution in [0.25, 0.3) is 5.13 Å². The number of primary amides is 1. The number of hydrogen-bond acceptors (Lipinski definition) is 5. The molecule has 2 aromatic heterocycles. The first kappa shape index (κ1) is 20.3. The monoisotopic (exact) mass is 423 g/mol. The van der Waals surface area contributed by atoms with Crippen LogP contribution >= 0.6 is 11.3 Å². The number of hydrogen-bond donors (Lipinski definition) is 1. The van der Waals surface area contributed by atoms with Crippen molar-refractivity contribution < 1.29 is 9.59 Å². The molecule has 0 unspecified atom stereocenters. The molecule has 0 aliphatic carbocycles. The van der Waals surface area contributed by atoms with Crippen molar-refractivity contribution in [2.45, 2.75) is 20.4 Å². The lowest BCUT2D eigenvalue weighted by atomic mass is 10.1. The zero-order valence-corrected chi connectivity index (χ0v) is 18.0. The van der Waals surface area contributed by atoms with Crippen LogP contribution in [0.3, 0.4) is 0 Å². The summed E-state index contributed by atoms with van der Waals surface area (Å²) in [5.41, 5.74) is 9.65. The van der Waals surface area contributed by atoms with E-state index in [4.69, 9.17) is 5.73 Å². The number of nitrogens with two attached hydrogens (primary N) is 1. The minimum atomic E-state index is -0.414. The molecule has 1 saturated heterocycles. The van der Waals surface area contributed by atoms with Crippen LogP contribution in [0.4, 0.5) is 0 Å². The van der Waals surface area contributed by atoms with Gasteiger partial charge in [0.05, 0.1) is 5.56 Å². The van der Waals surface area contributed by atoms with E-state index in [0.29, 0.717) is 18.7 Å². The second kappa shape index (κ2) is 8.41. The van der Waals surface area contributed by atoms with Gasteiger partial charge in [0.1, 0.15) is 0 Å². The summed E-state index contributed by atoms with van der Waals surface area (Å²) in [7, 11) is 0. The molecular formula is C22H25N5O2S. The molecule has 156 valence electrons. The fourth-order valence-electron chi connectivity index (χ4n) is 3.91. The van der Waals surface area contributed by atoms with Crippen LogP contribution < -0.4 is 5.73 Å². The fourth-order valence-corrected chi connectivity index (χ4v) is 4.66. The van der Waals surface area contributed by atoms with Crippen LogP contribution in [0, 0.1) is 13.8 Å². The molecule has 4 rings (SSSR count). The van der Waals surface area contributed by atoms with E-state index in [1.165, 1.54) is 0 Å². The van der Waals surface area contributed by atoms with E-state index in [1.807, 2.05) is 46.9 Å². The number of aryl methyl sites for hydroxylation is 1. The molecule has 0 bridgehead atoms. The Morgan fingerprint density at radius 1 is 1.10 bits per heavy atom. The summed E-state index contributed by atoms with van der Waals surface area (Å²) < 4.78 is 2.05. The first-order chi connectivity index (χ1) is 14.4. The van der Waals surface area contributed by atoms with E-state index in [1.54, 1.807) is 29.7 Å². The van der Waals surface area contributed by atoms with Gasteiger partial charge < -0.3 is 10.6 Å². The average Bonchev–Trinajstić information content (AvgIpc) is 3.36. The average molecular weight is 424 g/mol. The van der Waals surface area contributed by atoms with Gasteiger partial charge in [-0.25, -0.2) is 4.98 Å². The number of thiazole rings is 1. The van der Waals surface area contributed by atoms with Gasteiger partial charge in [0.15, 0.2) is 5.13 Å². The van der Waals surface area contributed by atoms with Crippen LogP contribution in [0.1, 0.15) is 37.7 Å². The normalized spacial score (nSPS) is 14.8. The summed E-state index contributed by atoms with van der Waals surface area (Å²) in [4.78, 5) is 33.0. The molecule has 3 heterocycles. The lowest BCUT2D eigenvalue weighted by molar-refractivity contribution is 0.0627. The molecule has 1 fully saturated rings. The lowest BCUT2D eigenvalue weighted by Crippen LogP contribution is -2.48. The number of aromatic nitrogens is 2. The van der Waals surface area contributed by atoms with Gasteiger partial charge in [-0.1, -0.05) is 12.1 Å². The van der Waals surface area contributed by atoms with Crippen LogP contribution in [-0.4, -0.2) is 57.3 Å². The molecule has 2 amide bonds. The van der Waals surface area contributed by atoms with E-state index < -0.39 is 5.91 Å². The molecule has 0 atom stereocenters. The van der Waals surface area contributed by atoms with Crippen LogP contribution in [0.2, 0.25) is 0 Å². The molecule has 1 aliphatic rings. The van der Waals surface area contributed by atoms with Crippen molar-refractivity contribution in [3.63, 3.8) is 0 Å². The predicted molar refractivity (Wildman–Crippen MR) is 117 cm³/mol. The Morgan fingerprint density at radius 3 is 2.40 bits per heavy atom. The Morgan fingerprint density at radius 2 is 1.80 bits per heavy atom. The van der Waals surface area contributed by atoms with Gasteiger partial charge in [-0.3, -0.25) is 19.1 Å². The highest BCUT2D eigenvalue weighted by molar-refractivity contribution is 7.12. The van der Waals surface area contributed by atoms with E-state index in [9.17, 15) is 9.59 Å². The number of amides is 2. The van der Waals surface area contributed by atoms with Crippen molar-refractivity contribution >= 4 is 23.2 Å². The molecule has 0 saturated carbocycles. The maximum absolute atomic E-state index is 13.2. The van der Waals surface area contributed by atoms with E-state index in [0.717, 1.165) is 47.3 Å². The van der Waals surface area contributed by atoms with Crippen molar-refractivity contribution in [1.29, 1.82) is 0 Å². The third-order valence-electron chi connectivity index (χ3n) is 5.58. The van der Waals surface area contributed by atoms with Gasteiger partial charge in [-0.15, -0.1) is 11.3 Å². The smallest absolute Gasteiger partial charge is 0.255 e. The highest BCUT2D eigenvalue weighted by atomic mass is 32.1. The molecule has 7 nitrogen and oxygen atoms in total. The second-order valence-corrected chi connectivity index (χ2v) is 8.44. The first-order valence-corrected chi connectivity index (χ1v) is 10.8. The van der Waals surface area contributed by atoms with Crippen molar-refractivity contribution in [3.8, 4) is 5.13 Å². The van der Waals surface area contributed by atoms with Crippen LogP contribution in [0.15, 0.2) is 41.9 Å². The van der Waals surface area contributed by atoms with Gasteiger partial charge in [0.25, 0.3) is 5.91 Å². The minimum absolute atomic E-state index is 0.0800. The summed E-state index contributed by atoms with van der Waals surface area (Å²) in [6.45, 7) is 7.79. The van der Waals surface area contributed by atoms with Crippen molar-refractivity contribution in [2.24, 2.45) is 5.73 Å². The number of carbonyl (C=O) groups is 2. The number of benzene rings is 1. The first-order valence-electron chi connectivity index (χ1n) is 9.93. The Labute approximate surface area is 179 Å². The van der Waals surface area contributed by atoms with E-state index >= 15 is 0 Å². The summed E-state index contributed by atoms with van der Waals surface area (Å²) in [6.07, 6.45) is 1.78. The van der Waals surface area contributed by atoms with Crippen molar-refractivity contribution in [1.82, 2.24) is 19.4 Å². The van der Waals surface area contributed by atoms with Crippen LogP contribution in [0.5, 0.6) is 0 Å². The molecule has 3 aromatic rings. The van der Waals surface area contributed by atoms with Crippen molar-refractivity contribution in [2.75, 3.05) is 26.2 Å². The van der Waals surface area contributed by atoms with Gasteiger partial charge in [0.2, 0.25) is 5.91 Å². The molecule has 2 N–H and O–H groups in total. The van der Waals surface area contributed by atoms with E-state index in [2.05, 4.69) is 9.88 Å². The Hall–Kier alpha value is -2.97. The summed E-state index contributed by atoms with van der Waals surface area (Å²) in [6, 6.07) is 9.35. The third kappa shape index (κ3) is 4.01. The fraction of sp³-hybridized carbons (Fsp3) is 0.318. The molecular weight excluding hydrogens is 398 g/mol. The molecule has 1 aliphatic heterocycles. The highest BCUT2D eigenvalue weighted by Gasteiger charge is 2.26. The third-order valence-corrected chi connectivity index (χ3v) is 6.33. The Bertz CT molecular complexity index is 1050. The number of rotatable bonds is 5. The summed E-state index contributed by atoms with van der Waals surface area (Å²) >= 11 is 1.56. The van der Waals surface area contributed by atoms with Gasteiger partial charge in [0, 0.05) is 61.3 Å². The van der Waals surface area contributed by atoms with Crippen molar-refractivity contribution in [3.05, 3.63) is 70.0 Å². The minimum Gasteiger partial charge on any atom is -0.366 e. The number of piperazine rings is 1. The predicted octanol–water partition coefficient (Wildman–Crippen LogP) is 2.61. The van der Waals surface area contributed by atoms with E-state index in [-0.39, 0.29) is 5.91 Å².